The van der Waals surface area contributed by atoms with Gasteiger partial charge in [-0.15, -0.1) is 0 Å². The fourth-order valence-corrected chi connectivity index (χ4v) is 2.99. The van der Waals surface area contributed by atoms with Crippen LogP contribution in [-0.2, 0) is 0 Å². The molecule has 8 heteroatoms. The summed E-state index contributed by atoms with van der Waals surface area (Å²) in [5.74, 6) is 0.174. The van der Waals surface area contributed by atoms with Crippen molar-refractivity contribution in [2.24, 2.45) is 0 Å². The Balaban J connectivity index is 1.66. The van der Waals surface area contributed by atoms with E-state index in [1.165, 1.54) is 12.3 Å². The number of hydrogen-bond acceptors (Lipinski definition) is 4. The van der Waals surface area contributed by atoms with E-state index in [0.29, 0.717) is 38.7 Å². The molecule has 2 aromatic heterocycles. The molecule has 4 rings (SSSR count). The zero-order chi connectivity index (χ0) is 18.3. The van der Waals surface area contributed by atoms with Crippen LogP contribution in [0.4, 0.5) is 5.82 Å². The van der Waals surface area contributed by atoms with Crippen molar-refractivity contribution >= 4 is 34.2 Å². The van der Waals surface area contributed by atoms with Gasteiger partial charge < -0.3 is 10.4 Å². The van der Waals surface area contributed by atoms with Crippen molar-refractivity contribution in [1.29, 1.82) is 0 Å². The van der Waals surface area contributed by atoms with Gasteiger partial charge in [-0.2, -0.15) is 10.2 Å². The number of carbonyl (C=O) groups excluding carboxylic acids is 1. The lowest BCUT2D eigenvalue weighted by Gasteiger charge is -2.07. The number of rotatable bonds is 3. The number of amides is 1. The molecular weight excluding hydrogens is 354 g/mol. The predicted molar refractivity (Wildman–Crippen MR) is 99.0 cm³/mol. The molecule has 3 N–H and O–H groups in total. The van der Waals surface area contributed by atoms with E-state index in [4.69, 9.17) is 11.6 Å². The highest BCUT2D eigenvalue weighted by Crippen LogP contribution is 2.26. The number of hydrogen-bond donors (Lipinski definition) is 3. The monoisotopic (exact) mass is 367 g/mol. The number of nitrogens with one attached hydrogen (secondary N) is 2. The van der Waals surface area contributed by atoms with Gasteiger partial charge in [0.1, 0.15) is 5.75 Å². The van der Waals surface area contributed by atoms with Gasteiger partial charge in [-0.3, -0.25) is 9.89 Å². The lowest BCUT2D eigenvalue weighted by Crippen LogP contribution is -2.13. The van der Waals surface area contributed by atoms with Gasteiger partial charge in [0, 0.05) is 11.5 Å². The number of phenols is 1. The Labute approximate surface area is 153 Å². The van der Waals surface area contributed by atoms with Crippen LogP contribution in [0.3, 0.4) is 0 Å². The number of H-pyrrole nitrogens is 1. The fraction of sp³-hybridized carbons (Fsp3) is 0.0556. The molecule has 1 amide bonds. The Kier molecular flexibility index (Phi) is 3.85. The topological polar surface area (TPSA) is 95.8 Å². The fourth-order valence-electron chi connectivity index (χ4n) is 2.78. The van der Waals surface area contributed by atoms with E-state index < -0.39 is 0 Å². The Morgan fingerprint density at radius 1 is 1.27 bits per heavy atom. The van der Waals surface area contributed by atoms with Crippen LogP contribution in [0.15, 0.2) is 48.7 Å². The van der Waals surface area contributed by atoms with Crippen molar-refractivity contribution in [3.8, 4) is 11.4 Å². The summed E-state index contributed by atoms with van der Waals surface area (Å²) in [7, 11) is 0. The van der Waals surface area contributed by atoms with Crippen LogP contribution in [-0.4, -0.2) is 31.0 Å². The molecule has 0 unspecified atom stereocenters. The molecule has 0 aliphatic carbocycles. The Morgan fingerprint density at radius 2 is 2.08 bits per heavy atom. The molecule has 26 heavy (non-hydrogen) atoms. The number of aromatic nitrogens is 4. The van der Waals surface area contributed by atoms with Gasteiger partial charge in [0.25, 0.3) is 5.91 Å². The van der Waals surface area contributed by atoms with E-state index in [2.05, 4.69) is 20.6 Å². The average molecular weight is 368 g/mol. The Bertz CT molecular complexity index is 1130. The van der Waals surface area contributed by atoms with Gasteiger partial charge in [-0.1, -0.05) is 23.7 Å². The van der Waals surface area contributed by atoms with Crippen molar-refractivity contribution in [2.75, 3.05) is 5.32 Å². The van der Waals surface area contributed by atoms with Crippen LogP contribution in [0.5, 0.6) is 5.75 Å². The molecule has 0 saturated carbocycles. The van der Waals surface area contributed by atoms with Gasteiger partial charge in [-0.05, 0) is 31.2 Å². The molecule has 0 radical (unpaired) electrons. The summed E-state index contributed by atoms with van der Waals surface area (Å²) in [6, 6.07) is 12.0. The summed E-state index contributed by atoms with van der Waals surface area (Å²) < 4.78 is 1.62. The van der Waals surface area contributed by atoms with Gasteiger partial charge in [0.15, 0.2) is 5.82 Å². The number of halogens is 1. The summed E-state index contributed by atoms with van der Waals surface area (Å²) in [5.41, 5.74) is 2.41. The van der Waals surface area contributed by atoms with E-state index in [-0.39, 0.29) is 11.7 Å². The summed E-state index contributed by atoms with van der Waals surface area (Å²) in [6.07, 6.45) is 1.49. The summed E-state index contributed by atoms with van der Waals surface area (Å²) in [6.45, 7) is 1.80. The molecule has 2 aromatic carbocycles. The lowest BCUT2D eigenvalue weighted by molar-refractivity contribution is 0.102. The van der Waals surface area contributed by atoms with Crippen molar-refractivity contribution in [1.82, 2.24) is 20.0 Å². The van der Waals surface area contributed by atoms with Crippen LogP contribution in [0.25, 0.3) is 16.6 Å². The number of anilines is 1. The van der Waals surface area contributed by atoms with E-state index >= 15 is 0 Å². The van der Waals surface area contributed by atoms with Gasteiger partial charge in [0.05, 0.1) is 33.7 Å². The number of fused-ring (bicyclic) bond motifs is 1. The van der Waals surface area contributed by atoms with E-state index in [1.807, 2.05) is 18.2 Å². The summed E-state index contributed by atoms with van der Waals surface area (Å²) >= 11 is 6.22. The molecule has 0 spiro atoms. The van der Waals surface area contributed by atoms with E-state index in [1.54, 1.807) is 29.8 Å². The minimum Gasteiger partial charge on any atom is -0.508 e. The van der Waals surface area contributed by atoms with Crippen LogP contribution in [0.2, 0.25) is 5.02 Å². The number of aromatic hydroxyl groups is 1. The summed E-state index contributed by atoms with van der Waals surface area (Å²) in [4.78, 5) is 12.7. The quantitative estimate of drug-likeness (QED) is 0.514. The Hall–Kier alpha value is -3.32. The molecular formula is C18H14ClN5O2. The number of nitrogens with zero attached hydrogens (tertiary/aromatic N) is 3. The highest BCUT2D eigenvalue weighted by Gasteiger charge is 2.18. The first-order valence-corrected chi connectivity index (χ1v) is 8.20. The molecule has 0 aliphatic heterocycles. The summed E-state index contributed by atoms with van der Waals surface area (Å²) in [5, 5.41) is 24.7. The highest BCUT2D eigenvalue weighted by atomic mass is 35.5. The second kappa shape index (κ2) is 6.20. The maximum Gasteiger partial charge on any atom is 0.260 e. The molecule has 4 aromatic rings. The maximum atomic E-state index is 12.7. The maximum absolute atomic E-state index is 12.7. The van der Waals surface area contributed by atoms with Crippen molar-refractivity contribution < 1.29 is 9.90 Å². The molecule has 130 valence electrons. The van der Waals surface area contributed by atoms with Gasteiger partial charge >= 0.3 is 0 Å². The van der Waals surface area contributed by atoms with Crippen LogP contribution < -0.4 is 5.32 Å². The van der Waals surface area contributed by atoms with Crippen molar-refractivity contribution in [3.63, 3.8) is 0 Å². The SMILES string of the molecule is Cc1c(C(=O)Nc2n[nH]c3cc(O)ccc23)cnn1-c1ccccc1Cl. The molecule has 0 fully saturated rings. The van der Waals surface area contributed by atoms with Crippen LogP contribution in [0.1, 0.15) is 16.1 Å². The zero-order valence-electron chi connectivity index (χ0n) is 13.7. The minimum atomic E-state index is -0.331. The molecule has 7 nitrogen and oxygen atoms in total. The molecule has 2 heterocycles. The third-order valence-corrected chi connectivity index (χ3v) is 4.43. The molecule has 0 saturated heterocycles. The lowest BCUT2D eigenvalue weighted by atomic mass is 10.2. The first-order chi connectivity index (χ1) is 12.5. The smallest absolute Gasteiger partial charge is 0.260 e. The molecule has 0 atom stereocenters. The zero-order valence-corrected chi connectivity index (χ0v) is 14.4. The van der Waals surface area contributed by atoms with Crippen LogP contribution in [0, 0.1) is 6.92 Å². The number of benzene rings is 2. The minimum absolute atomic E-state index is 0.121. The van der Waals surface area contributed by atoms with Crippen molar-refractivity contribution in [3.05, 3.63) is 64.9 Å². The van der Waals surface area contributed by atoms with Crippen LogP contribution >= 0.6 is 11.6 Å². The Morgan fingerprint density at radius 3 is 2.88 bits per heavy atom. The molecule has 0 aliphatic rings. The van der Waals surface area contributed by atoms with Gasteiger partial charge in [-0.25, -0.2) is 4.68 Å². The second-order valence-electron chi connectivity index (χ2n) is 5.76. The average Bonchev–Trinajstić information content (AvgIpc) is 3.19. The number of aromatic amines is 1. The largest absolute Gasteiger partial charge is 0.508 e. The first kappa shape index (κ1) is 16.2. The van der Waals surface area contributed by atoms with Gasteiger partial charge in [0.2, 0.25) is 0 Å². The third kappa shape index (κ3) is 2.68. The predicted octanol–water partition coefficient (Wildman–Crippen LogP) is 3.67. The first-order valence-electron chi connectivity index (χ1n) is 7.82. The number of phenolic OH excluding ortho intramolecular Hbond substituents is 1. The highest BCUT2D eigenvalue weighted by molar-refractivity contribution is 6.32. The standard InChI is InChI=1S/C18H14ClN5O2/c1-10-13(9-20-24(10)16-5-3-2-4-14(16)19)18(26)21-17-12-7-6-11(25)8-15(12)22-23-17/h2-9,25H,1H3,(H2,21,22,23,26). The second-order valence-corrected chi connectivity index (χ2v) is 6.17. The van der Waals surface area contributed by atoms with Crippen molar-refractivity contribution in [2.45, 2.75) is 6.92 Å². The normalized spacial score (nSPS) is 11.0. The molecule has 0 bridgehead atoms. The van der Waals surface area contributed by atoms with E-state index in [9.17, 15) is 9.90 Å². The van der Waals surface area contributed by atoms with E-state index in [0.717, 1.165) is 0 Å². The third-order valence-electron chi connectivity index (χ3n) is 4.11. The number of carbonyl (C=O) groups is 1. The number of para-hydroxylation sites is 1.